The molecule has 0 aliphatic rings. The maximum atomic E-state index is 13.0. The Bertz CT molecular complexity index is 1200. The van der Waals surface area contributed by atoms with Gasteiger partial charge in [0, 0.05) is 11.4 Å². The fourth-order valence-corrected chi connectivity index (χ4v) is 6.10. The van der Waals surface area contributed by atoms with Crippen molar-refractivity contribution in [2.45, 2.75) is 37.0 Å². The van der Waals surface area contributed by atoms with Gasteiger partial charge in [0.25, 0.3) is 20.0 Å². The highest BCUT2D eigenvalue weighted by atomic mass is 32.2. The van der Waals surface area contributed by atoms with Crippen LogP contribution in [0.25, 0.3) is 0 Å². The number of anilines is 1. The Hall–Kier alpha value is -2.58. The summed E-state index contributed by atoms with van der Waals surface area (Å²) in [5.74, 6) is 0. The lowest BCUT2D eigenvalue weighted by molar-refractivity contribution is 0.584. The van der Waals surface area contributed by atoms with E-state index in [9.17, 15) is 16.8 Å². The number of rotatable bonds is 6. The first kappa shape index (κ1) is 20.2. The summed E-state index contributed by atoms with van der Waals surface area (Å²) in [6.45, 7) is 5.08. The lowest BCUT2D eigenvalue weighted by atomic mass is 10.2. The largest absolute Gasteiger partial charge is 0.280 e. The number of aromatic nitrogens is 1. The van der Waals surface area contributed by atoms with Crippen molar-refractivity contribution >= 4 is 25.7 Å². The second-order valence-electron chi connectivity index (χ2n) is 6.47. The van der Waals surface area contributed by atoms with Crippen LogP contribution in [0, 0.1) is 13.8 Å². The van der Waals surface area contributed by atoms with E-state index in [-0.39, 0.29) is 15.5 Å². The van der Waals surface area contributed by atoms with Crippen LogP contribution in [0.4, 0.5) is 5.69 Å². The molecule has 148 valence electrons. The number of aryl methyl sites for hydroxylation is 2. The minimum Gasteiger partial charge on any atom is -0.280 e. The molecule has 0 spiro atoms. The topological polar surface area (TPSA) is 85.2 Å². The van der Waals surface area contributed by atoms with Crippen molar-refractivity contribution in [2.24, 2.45) is 0 Å². The Morgan fingerprint density at radius 2 is 1.50 bits per heavy atom. The fraction of sp³-hybridized carbons (Fsp3) is 0.200. The molecular formula is C20H22N2O4S2. The summed E-state index contributed by atoms with van der Waals surface area (Å²) in [6, 6.07) is 16.4. The predicted molar refractivity (Wildman–Crippen MR) is 110 cm³/mol. The van der Waals surface area contributed by atoms with Gasteiger partial charge < -0.3 is 0 Å². The minimum absolute atomic E-state index is 0.0657. The molecular weight excluding hydrogens is 396 g/mol. The molecule has 0 saturated heterocycles. The average molecular weight is 419 g/mol. The van der Waals surface area contributed by atoms with Crippen molar-refractivity contribution in [1.82, 2.24) is 3.97 Å². The van der Waals surface area contributed by atoms with Gasteiger partial charge in [0.1, 0.15) is 4.90 Å². The van der Waals surface area contributed by atoms with E-state index in [2.05, 4.69) is 4.72 Å². The Kier molecular flexibility index (Phi) is 5.36. The second kappa shape index (κ2) is 7.44. The Morgan fingerprint density at radius 1 is 0.893 bits per heavy atom. The zero-order valence-electron chi connectivity index (χ0n) is 15.9. The van der Waals surface area contributed by atoms with E-state index < -0.39 is 20.0 Å². The van der Waals surface area contributed by atoms with E-state index in [1.54, 1.807) is 37.3 Å². The Morgan fingerprint density at radius 3 is 2.07 bits per heavy atom. The lowest BCUT2D eigenvalue weighted by Gasteiger charge is -2.12. The first-order chi connectivity index (χ1) is 13.2. The SMILES string of the molecule is CCc1ccc(NS(=O)(=O)c2cc(C)n(S(=O)(=O)c3ccccc3)c2C)cc1. The van der Waals surface area contributed by atoms with E-state index in [1.165, 1.54) is 25.1 Å². The molecule has 3 rings (SSSR count). The van der Waals surface area contributed by atoms with Gasteiger partial charge in [0.05, 0.1) is 10.6 Å². The fourth-order valence-electron chi connectivity index (χ4n) is 3.08. The molecule has 0 bridgehead atoms. The molecule has 3 aromatic rings. The molecule has 0 atom stereocenters. The molecule has 0 aliphatic carbocycles. The maximum absolute atomic E-state index is 13.0. The number of sulfonamides is 1. The van der Waals surface area contributed by atoms with Crippen LogP contribution in [-0.2, 0) is 26.5 Å². The van der Waals surface area contributed by atoms with Crippen LogP contribution in [0.3, 0.4) is 0 Å². The van der Waals surface area contributed by atoms with E-state index >= 15 is 0 Å². The smallest absolute Gasteiger partial charge is 0.268 e. The average Bonchev–Trinajstić information content (AvgIpc) is 2.98. The number of hydrogen-bond donors (Lipinski definition) is 1. The van der Waals surface area contributed by atoms with E-state index in [1.807, 2.05) is 19.1 Å². The van der Waals surface area contributed by atoms with Crippen LogP contribution in [0.15, 0.2) is 70.5 Å². The van der Waals surface area contributed by atoms with Crippen LogP contribution < -0.4 is 4.72 Å². The zero-order valence-corrected chi connectivity index (χ0v) is 17.5. The molecule has 1 heterocycles. The van der Waals surface area contributed by atoms with Gasteiger partial charge in [-0.15, -0.1) is 0 Å². The Balaban J connectivity index is 2.03. The molecule has 28 heavy (non-hydrogen) atoms. The molecule has 0 radical (unpaired) electrons. The predicted octanol–water partition coefficient (Wildman–Crippen LogP) is 3.71. The highest BCUT2D eigenvalue weighted by Crippen LogP contribution is 2.27. The first-order valence-electron chi connectivity index (χ1n) is 8.78. The standard InChI is InChI=1S/C20H22N2O4S2/c1-4-17-10-12-18(13-11-17)21-27(23,24)20-14-15(2)22(16(20)3)28(25,26)19-8-6-5-7-9-19/h5-14,21H,4H2,1-3H3. The van der Waals surface area contributed by atoms with Crippen molar-refractivity contribution in [2.75, 3.05) is 4.72 Å². The highest BCUT2D eigenvalue weighted by molar-refractivity contribution is 7.93. The summed E-state index contributed by atoms with van der Waals surface area (Å²) in [7, 11) is -7.84. The summed E-state index contributed by atoms with van der Waals surface area (Å²) in [6.07, 6.45) is 0.853. The van der Waals surface area contributed by atoms with Crippen LogP contribution in [-0.4, -0.2) is 20.8 Å². The van der Waals surface area contributed by atoms with Gasteiger partial charge in [0.2, 0.25) is 0 Å². The molecule has 0 aliphatic heterocycles. The van der Waals surface area contributed by atoms with Gasteiger partial charge in [-0.05, 0) is 56.2 Å². The van der Waals surface area contributed by atoms with Crippen molar-refractivity contribution in [3.8, 4) is 0 Å². The van der Waals surface area contributed by atoms with Crippen molar-refractivity contribution in [3.63, 3.8) is 0 Å². The first-order valence-corrected chi connectivity index (χ1v) is 11.7. The third-order valence-electron chi connectivity index (χ3n) is 4.51. The number of nitrogens with one attached hydrogen (secondary N) is 1. The maximum Gasteiger partial charge on any atom is 0.268 e. The molecule has 0 saturated carbocycles. The quantitative estimate of drug-likeness (QED) is 0.661. The zero-order chi connectivity index (χ0) is 20.5. The molecule has 2 aromatic carbocycles. The number of hydrogen-bond acceptors (Lipinski definition) is 4. The van der Waals surface area contributed by atoms with Crippen molar-refractivity contribution in [1.29, 1.82) is 0 Å². The van der Waals surface area contributed by atoms with Gasteiger partial charge in [-0.2, -0.15) is 0 Å². The molecule has 1 N–H and O–H groups in total. The monoisotopic (exact) mass is 418 g/mol. The van der Waals surface area contributed by atoms with E-state index in [0.717, 1.165) is 16.0 Å². The number of nitrogens with zero attached hydrogens (tertiary/aromatic N) is 1. The van der Waals surface area contributed by atoms with Gasteiger partial charge in [-0.3, -0.25) is 4.72 Å². The van der Waals surface area contributed by atoms with Crippen LogP contribution in [0.5, 0.6) is 0 Å². The third kappa shape index (κ3) is 3.70. The highest BCUT2D eigenvalue weighted by Gasteiger charge is 2.28. The molecule has 1 aromatic heterocycles. The Labute approximate surface area is 165 Å². The van der Waals surface area contributed by atoms with Gasteiger partial charge in [-0.1, -0.05) is 37.3 Å². The lowest BCUT2D eigenvalue weighted by Crippen LogP contribution is -2.18. The molecule has 0 amide bonds. The molecule has 0 unspecified atom stereocenters. The van der Waals surface area contributed by atoms with Crippen molar-refractivity contribution in [3.05, 3.63) is 77.6 Å². The summed E-state index contributed by atoms with van der Waals surface area (Å²) in [5.41, 5.74) is 1.98. The molecule has 8 heteroatoms. The summed E-state index contributed by atoms with van der Waals surface area (Å²) in [4.78, 5) is 0.0351. The minimum atomic E-state index is -3.94. The van der Waals surface area contributed by atoms with Gasteiger partial charge in [-0.25, -0.2) is 20.8 Å². The van der Waals surface area contributed by atoms with Gasteiger partial charge >= 0.3 is 0 Å². The summed E-state index contributed by atoms with van der Waals surface area (Å²) in [5, 5.41) is 0. The van der Waals surface area contributed by atoms with Crippen LogP contribution in [0.1, 0.15) is 23.9 Å². The van der Waals surface area contributed by atoms with E-state index in [4.69, 9.17) is 0 Å². The summed E-state index contributed by atoms with van der Waals surface area (Å²) < 4.78 is 55.3. The normalized spacial score (nSPS) is 12.1. The third-order valence-corrected chi connectivity index (χ3v) is 7.91. The van der Waals surface area contributed by atoms with Gasteiger partial charge in [0.15, 0.2) is 0 Å². The molecule has 0 fully saturated rings. The number of benzene rings is 2. The van der Waals surface area contributed by atoms with Crippen LogP contribution >= 0.6 is 0 Å². The van der Waals surface area contributed by atoms with E-state index in [0.29, 0.717) is 11.4 Å². The second-order valence-corrected chi connectivity index (χ2v) is 9.91. The van der Waals surface area contributed by atoms with Crippen molar-refractivity contribution < 1.29 is 16.8 Å². The molecule has 6 nitrogen and oxygen atoms in total. The van der Waals surface area contributed by atoms with Crippen LogP contribution in [0.2, 0.25) is 0 Å². The summed E-state index contributed by atoms with van der Waals surface area (Å²) >= 11 is 0.